The molecule has 1 aliphatic rings. The number of esters is 4. The first-order chi connectivity index (χ1) is 34.8. The fourth-order valence-corrected chi connectivity index (χ4v) is 8.88. The van der Waals surface area contributed by atoms with E-state index in [0.29, 0.717) is 17.7 Å². The van der Waals surface area contributed by atoms with Gasteiger partial charge in [0.25, 0.3) is 23.6 Å². The normalized spacial score (nSPS) is 24.1. The highest BCUT2D eigenvalue weighted by molar-refractivity contribution is 5.94. The summed E-state index contributed by atoms with van der Waals surface area (Å²) in [4.78, 5) is 121. The SMILES string of the molecule is CC(C)C[C@H]1C(=O)O[C@H](Cc2ccc(Cn3cccn3)cc2)C(=O)N(C)[C@@H](CC(C)C)C(=O)O[C@H](C)C(=O)N(C)[C@@H](CC(C)C)C(=O)O[C@H](Cc2ccccc2)C(=O)N(C)[C@@H](CC(C)C)C(=O)O[C@H](C)C(=O)N1C. The minimum Gasteiger partial charge on any atom is -0.451 e. The second kappa shape index (κ2) is 27.6. The number of amides is 4. The van der Waals surface area contributed by atoms with Gasteiger partial charge < -0.3 is 38.5 Å². The summed E-state index contributed by atoms with van der Waals surface area (Å²) in [5, 5.41) is 4.27. The van der Waals surface area contributed by atoms with Gasteiger partial charge in [-0.3, -0.25) is 23.9 Å². The van der Waals surface area contributed by atoms with Crippen LogP contribution in [0.4, 0.5) is 0 Å². The molecule has 0 radical (unpaired) electrons. The molecule has 8 atom stereocenters. The van der Waals surface area contributed by atoms with Gasteiger partial charge in [0.1, 0.15) is 24.2 Å². The van der Waals surface area contributed by atoms with E-state index in [-0.39, 0.29) is 62.2 Å². The Morgan fingerprint density at radius 3 is 1.09 bits per heavy atom. The Labute approximate surface area is 437 Å². The fraction of sp³-hybridized carbons (Fsp3) is 0.589. The van der Waals surface area contributed by atoms with Gasteiger partial charge in [0.2, 0.25) is 0 Å². The Kier molecular flexibility index (Phi) is 22.4. The van der Waals surface area contributed by atoms with Crippen LogP contribution < -0.4 is 0 Å². The van der Waals surface area contributed by atoms with Crippen molar-refractivity contribution >= 4 is 47.5 Å². The molecule has 0 bridgehead atoms. The predicted octanol–water partition coefficient (Wildman–Crippen LogP) is 5.91. The second-order valence-corrected chi connectivity index (χ2v) is 21.3. The third kappa shape index (κ3) is 17.0. The zero-order chi connectivity index (χ0) is 55.1. The number of hydrogen-bond donors (Lipinski definition) is 0. The van der Waals surface area contributed by atoms with Crippen molar-refractivity contribution in [2.75, 3.05) is 28.2 Å². The number of carbonyl (C=O) groups is 8. The first-order valence-electron chi connectivity index (χ1n) is 25.8. The molecule has 4 amide bonds. The van der Waals surface area contributed by atoms with Crippen molar-refractivity contribution in [3.63, 3.8) is 0 Å². The molecule has 4 rings (SSSR count). The van der Waals surface area contributed by atoms with Crippen molar-refractivity contribution < 1.29 is 57.3 Å². The molecule has 18 heteroatoms. The van der Waals surface area contributed by atoms with Gasteiger partial charge in [0, 0.05) is 53.4 Å². The summed E-state index contributed by atoms with van der Waals surface area (Å²) in [5.74, 6) is -7.27. The minimum atomic E-state index is -1.52. The number of rotatable bonds is 14. The van der Waals surface area contributed by atoms with Crippen LogP contribution in [0.15, 0.2) is 73.1 Å². The lowest BCUT2D eigenvalue weighted by atomic mass is 9.99. The molecule has 1 saturated heterocycles. The molecule has 0 unspecified atom stereocenters. The average molecular weight is 1030 g/mol. The molecule has 74 heavy (non-hydrogen) atoms. The monoisotopic (exact) mass is 1030 g/mol. The van der Waals surface area contributed by atoms with Crippen LogP contribution in [0.3, 0.4) is 0 Å². The van der Waals surface area contributed by atoms with E-state index in [1.807, 2.05) is 79.8 Å². The fourth-order valence-electron chi connectivity index (χ4n) is 8.88. The highest BCUT2D eigenvalue weighted by Gasteiger charge is 2.43. The lowest BCUT2D eigenvalue weighted by Crippen LogP contribution is -2.55. The smallest absolute Gasteiger partial charge is 0.329 e. The number of nitrogens with zero attached hydrogens (tertiary/aromatic N) is 6. The maximum absolute atomic E-state index is 14.9. The van der Waals surface area contributed by atoms with E-state index in [1.54, 1.807) is 53.3 Å². The van der Waals surface area contributed by atoms with Crippen molar-refractivity contribution in [1.29, 1.82) is 0 Å². The highest BCUT2D eigenvalue weighted by Crippen LogP contribution is 2.24. The second-order valence-electron chi connectivity index (χ2n) is 21.3. The van der Waals surface area contributed by atoms with Gasteiger partial charge >= 0.3 is 23.9 Å². The Morgan fingerprint density at radius 2 is 0.757 bits per heavy atom. The molecule has 1 aliphatic heterocycles. The molecule has 406 valence electrons. The Morgan fingerprint density at radius 1 is 0.432 bits per heavy atom. The van der Waals surface area contributed by atoms with Gasteiger partial charge in [-0.15, -0.1) is 0 Å². The summed E-state index contributed by atoms with van der Waals surface area (Å²) in [6, 6.07) is 13.0. The van der Waals surface area contributed by atoms with E-state index in [4.69, 9.17) is 18.9 Å². The van der Waals surface area contributed by atoms with Crippen LogP contribution in [-0.2, 0) is 76.7 Å². The molecule has 0 N–H and O–H groups in total. The average Bonchev–Trinajstić information content (AvgIpc) is 3.86. The van der Waals surface area contributed by atoms with Gasteiger partial charge in [-0.05, 0) is 86.0 Å². The van der Waals surface area contributed by atoms with Crippen molar-refractivity contribution in [3.05, 3.63) is 89.7 Å². The first-order valence-corrected chi connectivity index (χ1v) is 25.8. The Hall–Kier alpha value is -6.59. The van der Waals surface area contributed by atoms with Crippen LogP contribution in [0.5, 0.6) is 0 Å². The van der Waals surface area contributed by atoms with Crippen molar-refractivity contribution in [3.8, 4) is 0 Å². The van der Waals surface area contributed by atoms with Gasteiger partial charge in [-0.1, -0.05) is 110 Å². The minimum absolute atomic E-state index is 0.0876. The molecule has 0 spiro atoms. The Balaban J connectivity index is 1.85. The summed E-state index contributed by atoms with van der Waals surface area (Å²) in [6.07, 6.45) is -2.24. The predicted molar refractivity (Wildman–Crippen MR) is 277 cm³/mol. The number of carbonyl (C=O) groups excluding carboxylic acids is 8. The molecule has 18 nitrogen and oxygen atoms in total. The molecule has 0 saturated carbocycles. The topological polar surface area (TPSA) is 204 Å². The highest BCUT2D eigenvalue weighted by atomic mass is 16.6. The van der Waals surface area contributed by atoms with E-state index in [2.05, 4.69) is 5.10 Å². The number of cyclic esters (lactones) is 4. The van der Waals surface area contributed by atoms with Gasteiger partial charge in [0.15, 0.2) is 24.4 Å². The summed E-state index contributed by atoms with van der Waals surface area (Å²) < 4.78 is 25.7. The van der Waals surface area contributed by atoms with E-state index in [9.17, 15) is 38.4 Å². The first kappa shape index (κ1) is 60.0. The standard InChI is InChI=1S/C56H80N6O12/c1-34(2)27-43-53(67)71-39(10)50(64)59(12)46(30-37(7)8)56(70)74-48(32-41-21-23-42(24-22-41)33-62-26-18-25-57-62)52(66)61(14)44(28-35(3)4)54(68)72-38(9)49(63)58(11)45(29-36(5)6)55(69)73-47(51(65)60(43)13)31-40-19-16-15-17-20-40/h15-26,34-39,43-48H,27-33H2,1-14H3/t38-,39-,43+,44+,45+,46+,47-,48-/m1/s1. The van der Waals surface area contributed by atoms with E-state index < -0.39 is 96.1 Å². The molecular formula is C56H80N6O12. The number of ether oxygens (including phenoxy) is 4. The van der Waals surface area contributed by atoms with Crippen LogP contribution in [0.2, 0.25) is 0 Å². The lowest BCUT2D eigenvalue weighted by molar-refractivity contribution is -0.176. The molecule has 2 aromatic carbocycles. The number of benzene rings is 2. The summed E-state index contributed by atoms with van der Waals surface area (Å²) in [6.45, 7) is 18.0. The molecule has 1 fully saturated rings. The summed E-state index contributed by atoms with van der Waals surface area (Å²) in [5.41, 5.74) is 2.19. The van der Waals surface area contributed by atoms with Crippen LogP contribution in [0, 0.1) is 23.7 Å². The van der Waals surface area contributed by atoms with Crippen molar-refractivity contribution in [1.82, 2.24) is 29.4 Å². The zero-order valence-electron chi connectivity index (χ0n) is 45.9. The molecule has 1 aromatic heterocycles. The largest absolute Gasteiger partial charge is 0.451 e. The summed E-state index contributed by atoms with van der Waals surface area (Å²) in [7, 11) is 5.57. The van der Waals surface area contributed by atoms with Gasteiger partial charge in [-0.2, -0.15) is 5.10 Å². The van der Waals surface area contributed by atoms with E-state index >= 15 is 0 Å². The molecule has 0 aliphatic carbocycles. The van der Waals surface area contributed by atoms with Crippen LogP contribution >= 0.6 is 0 Å². The van der Waals surface area contributed by atoms with E-state index in [0.717, 1.165) is 25.2 Å². The van der Waals surface area contributed by atoms with E-state index in [1.165, 1.54) is 42.0 Å². The van der Waals surface area contributed by atoms with Gasteiger partial charge in [0.05, 0.1) is 6.54 Å². The molecular weight excluding hydrogens is 949 g/mol. The van der Waals surface area contributed by atoms with Crippen LogP contribution in [0.25, 0.3) is 0 Å². The number of likely N-dealkylation sites (N-methyl/N-ethyl adjacent to an activating group) is 4. The Bertz CT molecular complexity index is 2340. The number of aromatic nitrogens is 2. The van der Waals surface area contributed by atoms with Gasteiger partial charge in [-0.25, -0.2) is 19.2 Å². The van der Waals surface area contributed by atoms with Crippen molar-refractivity contribution in [2.45, 2.75) is 163 Å². The maximum Gasteiger partial charge on any atom is 0.329 e. The van der Waals surface area contributed by atoms with Crippen LogP contribution in [-0.4, -0.2) is 154 Å². The summed E-state index contributed by atoms with van der Waals surface area (Å²) >= 11 is 0. The molecule has 2 heterocycles. The third-order valence-electron chi connectivity index (χ3n) is 13.1. The third-order valence-corrected chi connectivity index (χ3v) is 13.1. The zero-order valence-corrected chi connectivity index (χ0v) is 45.9. The molecule has 3 aromatic rings. The lowest BCUT2D eigenvalue weighted by Gasteiger charge is -2.35. The maximum atomic E-state index is 14.9. The van der Waals surface area contributed by atoms with Crippen LogP contribution in [0.1, 0.15) is 112 Å². The number of hydrogen-bond acceptors (Lipinski definition) is 13. The quantitative estimate of drug-likeness (QED) is 0.136. The van der Waals surface area contributed by atoms with Crippen molar-refractivity contribution in [2.24, 2.45) is 23.7 Å².